The molecule has 6 rings (SSSR count). The van der Waals surface area contributed by atoms with Crippen LogP contribution >= 0.6 is 7.26 Å². The molecule has 0 saturated carbocycles. The highest BCUT2D eigenvalue weighted by molar-refractivity contribution is 8.01. The Morgan fingerprint density at radius 2 is 1.05 bits per heavy atom. The minimum atomic E-state index is -3.03. The molecular weight excluding hydrogens is 539 g/mol. The van der Waals surface area contributed by atoms with Crippen LogP contribution in [0.25, 0.3) is 22.3 Å². The number of hydrogen-bond donors (Lipinski definition) is 5. The zero-order valence-corrected chi connectivity index (χ0v) is 22.4. The quantitative estimate of drug-likeness (QED) is 0.153. The second kappa shape index (κ2) is 10.0. The summed E-state index contributed by atoms with van der Waals surface area (Å²) in [4.78, 5) is 13.6. The first kappa shape index (κ1) is 26.0. The molecule has 0 spiro atoms. The van der Waals surface area contributed by atoms with E-state index in [0.717, 1.165) is 22.0 Å². The Bertz CT molecular complexity index is 1860. The molecule has 7 nitrogen and oxygen atoms in total. The van der Waals surface area contributed by atoms with Gasteiger partial charge in [-0.05, 0) is 54.6 Å². The van der Waals surface area contributed by atoms with E-state index in [0.29, 0.717) is 0 Å². The molecule has 1 aromatic heterocycles. The number of phenolic OH excluding ortho intramolecular Hbond substituents is 4. The highest BCUT2D eigenvalue weighted by Crippen LogP contribution is 2.58. The van der Waals surface area contributed by atoms with Gasteiger partial charge in [-0.3, -0.25) is 4.79 Å². The van der Waals surface area contributed by atoms with E-state index in [-0.39, 0.29) is 39.1 Å². The second-order valence-electron chi connectivity index (χ2n) is 9.46. The summed E-state index contributed by atoms with van der Waals surface area (Å²) in [5, 5.41) is 56.5. The van der Waals surface area contributed by atoms with Crippen molar-refractivity contribution in [1.29, 1.82) is 0 Å². The summed E-state index contributed by atoms with van der Waals surface area (Å²) in [7, 11) is -3.03. The van der Waals surface area contributed by atoms with Gasteiger partial charge in [0.2, 0.25) is 11.2 Å². The summed E-state index contributed by atoms with van der Waals surface area (Å²) in [6, 6.07) is 33.4. The van der Waals surface area contributed by atoms with Crippen LogP contribution in [0.15, 0.2) is 124 Å². The van der Waals surface area contributed by atoms with E-state index in [2.05, 4.69) is 0 Å². The average Bonchev–Trinajstić information content (AvgIpc) is 2.99. The normalized spacial score (nSPS) is 11.5. The van der Waals surface area contributed by atoms with Crippen LogP contribution in [0.1, 0.15) is 0 Å². The van der Waals surface area contributed by atoms with Gasteiger partial charge < -0.3 is 29.9 Å². The Labute approximate surface area is 234 Å². The molecule has 5 N–H and O–H groups in total. The minimum Gasteiger partial charge on any atom is -0.504 e. The van der Waals surface area contributed by atoms with Gasteiger partial charge in [-0.2, -0.15) is 0 Å². The van der Waals surface area contributed by atoms with Crippen molar-refractivity contribution in [3.63, 3.8) is 0 Å². The minimum absolute atomic E-state index is 0.111. The van der Waals surface area contributed by atoms with Crippen LogP contribution in [0.5, 0.6) is 28.7 Å². The number of rotatable bonds is 5. The van der Waals surface area contributed by atoms with Crippen molar-refractivity contribution < 1.29 is 29.9 Å². The van der Waals surface area contributed by atoms with Crippen molar-refractivity contribution in [2.45, 2.75) is 0 Å². The van der Waals surface area contributed by atoms with Crippen LogP contribution in [0.2, 0.25) is 0 Å². The zero-order chi connectivity index (χ0) is 28.7. The van der Waals surface area contributed by atoms with Gasteiger partial charge in [-0.1, -0.05) is 54.6 Å². The number of benzene rings is 5. The molecule has 0 unspecified atom stereocenters. The number of phenols is 4. The Kier molecular flexibility index (Phi) is 6.37. The monoisotopic (exact) mass is 563 g/mol. The molecule has 0 radical (unpaired) electrons. The van der Waals surface area contributed by atoms with Crippen LogP contribution < -0.4 is 26.6 Å². The third-order valence-electron chi connectivity index (χ3n) is 7.09. The summed E-state index contributed by atoms with van der Waals surface area (Å²) < 4.78 is 5.85. The summed E-state index contributed by atoms with van der Waals surface area (Å²) >= 11 is 0. The lowest BCUT2D eigenvalue weighted by atomic mass is 10.1. The SMILES string of the molecule is O=c1c(O)c(-c2ccc(O)c(O)c2)oc2cc(O)c([P+](c3ccccc3)(c3ccccc3)c3ccccc3)c(O)c12. The van der Waals surface area contributed by atoms with Crippen molar-refractivity contribution in [3.8, 4) is 40.1 Å². The molecule has 5 aromatic carbocycles. The molecule has 0 atom stereocenters. The van der Waals surface area contributed by atoms with Crippen LogP contribution in [0.3, 0.4) is 0 Å². The number of aromatic hydroxyl groups is 5. The van der Waals surface area contributed by atoms with Gasteiger partial charge in [-0.15, -0.1) is 0 Å². The first-order valence-corrected chi connectivity index (χ1v) is 14.5. The van der Waals surface area contributed by atoms with E-state index in [1.165, 1.54) is 18.2 Å². The van der Waals surface area contributed by atoms with Crippen molar-refractivity contribution in [1.82, 2.24) is 0 Å². The third kappa shape index (κ3) is 4.06. The molecule has 6 aromatic rings. The van der Waals surface area contributed by atoms with E-state index in [1.807, 2.05) is 91.0 Å². The summed E-state index contributed by atoms with van der Waals surface area (Å²) in [6.45, 7) is 0. The molecule has 0 saturated heterocycles. The highest BCUT2D eigenvalue weighted by atomic mass is 31.2. The molecule has 0 aliphatic heterocycles. The molecule has 0 aliphatic carbocycles. The van der Waals surface area contributed by atoms with Gasteiger partial charge in [0.05, 0.1) is 0 Å². The molecule has 8 heteroatoms. The standard InChI is InChI=1S/C33H23O7P/c34-24-17-16-20(18-25(24)35)32-31(39)29(37)28-27(40-32)19-26(36)33(30(28)38)41(21-10-4-1-5-11-21,22-12-6-2-7-13-22)23-14-8-3-9-15-23/h1-19H,(H4-,34,35,36,37,38,39)/p+1. The second-order valence-corrected chi connectivity index (χ2v) is 12.8. The highest BCUT2D eigenvalue weighted by Gasteiger charge is 2.52. The Morgan fingerprint density at radius 3 is 1.54 bits per heavy atom. The first-order chi connectivity index (χ1) is 19.8. The average molecular weight is 564 g/mol. The van der Waals surface area contributed by atoms with E-state index in [1.54, 1.807) is 0 Å². The lowest BCUT2D eigenvalue weighted by Gasteiger charge is -2.28. The van der Waals surface area contributed by atoms with Crippen LogP contribution in [0, 0.1) is 0 Å². The zero-order valence-electron chi connectivity index (χ0n) is 21.5. The Morgan fingerprint density at radius 1 is 0.537 bits per heavy atom. The van der Waals surface area contributed by atoms with E-state index < -0.39 is 29.9 Å². The topological polar surface area (TPSA) is 131 Å². The van der Waals surface area contributed by atoms with Gasteiger partial charge in [0.15, 0.2) is 41.3 Å². The van der Waals surface area contributed by atoms with Crippen molar-refractivity contribution in [2.24, 2.45) is 0 Å². The van der Waals surface area contributed by atoms with Crippen LogP contribution in [0.4, 0.5) is 0 Å². The molecule has 0 aliphatic rings. The van der Waals surface area contributed by atoms with Crippen molar-refractivity contribution in [3.05, 3.63) is 125 Å². The number of hydrogen-bond acceptors (Lipinski definition) is 7. The van der Waals surface area contributed by atoms with Gasteiger partial charge in [-0.25, -0.2) is 0 Å². The molecule has 41 heavy (non-hydrogen) atoms. The smallest absolute Gasteiger partial charge is 0.238 e. The molecule has 1 heterocycles. The predicted octanol–water partition coefficient (Wildman–Crippen LogP) is 4.61. The van der Waals surface area contributed by atoms with Gasteiger partial charge in [0.1, 0.15) is 26.9 Å². The molecule has 202 valence electrons. The lowest BCUT2D eigenvalue weighted by molar-refractivity contribution is 0.403. The molecule has 0 amide bonds. The van der Waals surface area contributed by atoms with E-state index in [4.69, 9.17) is 4.42 Å². The van der Waals surface area contributed by atoms with E-state index in [9.17, 15) is 30.3 Å². The maximum atomic E-state index is 13.6. The Hall–Kier alpha value is -5.26. The van der Waals surface area contributed by atoms with Crippen LogP contribution in [-0.4, -0.2) is 25.5 Å². The number of fused-ring (bicyclic) bond motifs is 1. The molecular formula is C33H24O7P+. The fraction of sp³-hybridized carbons (Fsp3) is 0. The van der Waals surface area contributed by atoms with Gasteiger partial charge in [0.25, 0.3) is 0 Å². The van der Waals surface area contributed by atoms with Gasteiger partial charge in [0, 0.05) is 11.6 Å². The fourth-order valence-corrected chi connectivity index (χ4v) is 9.65. The van der Waals surface area contributed by atoms with Crippen molar-refractivity contribution >= 4 is 39.4 Å². The largest absolute Gasteiger partial charge is 0.504 e. The van der Waals surface area contributed by atoms with Gasteiger partial charge >= 0.3 is 0 Å². The summed E-state index contributed by atoms with van der Waals surface area (Å²) in [5.41, 5.74) is -0.971. The molecule has 0 fully saturated rings. The lowest BCUT2D eigenvalue weighted by Crippen LogP contribution is -2.39. The first-order valence-electron chi connectivity index (χ1n) is 12.7. The van der Waals surface area contributed by atoms with Crippen molar-refractivity contribution in [2.75, 3.05) is 0 Å². The van der Waals surface area contributed by atoms with Crippen LogP contribution in [-0.2, 0) is 0 Å². The summed E-state index contributed by atoms with van der Waals surface area (Å²) in [5.74, 6) is -2.76. The third-order valence-corrected chi connectivity index (χ3v) is 11.4. The fourth-order valence-electron chi connectivity index (χ4n) is 5.28. The predicted molar refractivity (Wildman–Crippen MR) is 161 cm³/mol. The maximum absolute atomic E-state index is 13.6. The maximum Gasteiger partial charge on any atom is 0.238 e. The summed E-state index contributed by atoms with van der Waals surface area (Å²) in [6.07, 6.45) is 0. The Balaban J connectivity index is 1.75. The van der Waals surface area contributed by atoms with E-state index >= 15 is 0 Å². The molecule has 0 bridgehead atoms.